The van der Waals surface area contributed by atoms with Crippen LogP contribution >= 0.6 is 57.4 Å². The summed E-state index contributed by atoms with van der Waals surface area (Å²) < 4.78 is 77.6. The predicted octanol–water partition coefficient (Wildman–Crippen LogP) is 20.4. The van der Waals surface area contributed by atoms with Crippen LogP contribution in [0.2, 0.25) is 15.1 Å². The number of rotatable bonds is 5. The van der Waals surface area contributed by atoms with Gasteiger partial charge in [0.05, 0.1) is 14.8 Å². The Hall–Kier alpha value is -9.56. The number of benzene rings is 17. The molecular formula is C102H72B2Cl3F2IK2O15. The molecular weight excluding hydrogens is 1840 g/mol. The minimum atomic E-state index is -1.81. The number of phenolic OH excluding ortho intramolecular Hbond substituents is 2. The fraction of sp³-hybridized carbons (Fsp3) is 0.0784. The Bertz CT molecular complexity index is 7990. The molecule has 1 fully saturated rings. The molecule has 0 saturated carbocycles. The molecule has 0 unspecified atom stereocenters. The molecule has 4 N–H and O–H groups in total. The second-order valence-corrected chi connectivity index (χ2v) is 33.3. The fourth-order valence-electron chi connectivity index (χ4n) is 16.1. The largest absolute Gasteiger partial charge is 1.00 e. The van der Waals surface area contributed by atoms with Crippen molar-refractivity contribution in [3.05, 3.63) is 321 Å². The summed E-state index contributed by atoms with van der Waals surface area (Å²) in [5.41, 5.74) is 11.3. The van der Waals surface area contributed by atoms with E-state index in [1.165, 1.54) is 81.4 Å². The van der Waals surface area contributed by atoms with Crippen LogP contribution in [0.25, 0.3) is 186 Å². The molecule has 15 nitrogen and oxygen atoms in total. The van der Waals surface area contributed by atoms with Gasteiger partial charge in [0.15, 0.2) is 0 Å². The summed E-state index contributed by atoms with van der Waals surface area (Å²) in [6.07, 6.45) is 0. The minimum absolute atomic E-state index is 0. The fourth-order valence-corrected chi connectivity index (χ4v) is 17.3. The predicted molar refractivity (Wildman–Crippen MR) is 508 cm³/mol. The number of ketones is 1. The molecule has 22 aromatic rings. The average Bonchev–Trinajstić information content (AvgIpc) is 1.66. The molecule has 25 heteroatoms. The molecule has 0 spiro atoms. The molecule has 6 heterocycles. The van der Waals surface area contributed by atoms with Crippen LogP contribution in [0, 0.1) is 15.2 Å². The zero-order chi connectivity index (χ0) is 88.1. The van der Waals surface area contributed by atoms with E-state index in [-0.39, 0.29) is 145 Å². The van der Waals surface area contributed by atoms with Crippen molar-refractivity contribution in [2.75, 3.05) is 0 Å². The van der Waals surface area contributed by atoms with Crippen LogP contribution < -0.4 is 119 Å². The first-order valence-corrected chi connectivity index (χ1v) is 41.6. The Morgan fingerprint density at radius 3 is 1.30 bits per heavy atom. The number of hydrogen-bond donors (Lipinski definition) is 4. The summed E-state index contributed by atoms with van der Waals surface area (Å²) in [7, 11) is -2.26. The molecule has 620 valence electrons. The number of aromatic hydroxyl groups is 2. The number of halogens is 6. The van der Waals surface area contributed by atoms with E-state index >= 15 is 0 Å². The van der Waals surface area contributed by atoms with Crippen molar-refractivity contribution in [3.8, 4) is 33.8 Å². The van der Waals surface area contributed by atoms with Gasteiger partial charge in [-0.25, -0.2) is 8.78 Å². The molecule has 1 aliphatic rings. The molecule has 0 bridgehead atoms. The first-order chi connectivity index (χ1) is 60.8. The van der Waals surface area contributed by atoms with Crippen molar-refractivity contribution in [2.24, 2.45) is 0 Å². The maximum atomic E-state index is 14.5. The van der Waals surface area contributed by atoms with Gasteiger partial charge in [-0.15, -0.1) is 0 Å². The van der Waals surface area contributed by atoms with Gasteiger partial charge in [0.2, 0.25) is 0 Å². The Labute approximate surface area is 841 Å². The van der Waals surface area contributed by atoms with Crippen LogP contribution in [0.4, 0.5) is 8.78 Å². The summed E-state index contributed by atoms with van der Waals surface area (Å²) >= 11 is 19.9. The van der Waals surface area contributed by atoms with Gasteiger partial charge in [0.1, 0.15) is 84.7 Å². The third-order valence-electron chi connectivity index (χ3n) is 22.4. The van der Waals surface area contributed by atoms with Gasteiger partial charge in [0, 0.05) is 86.9 Å². The SMILES string of the molecule is CC1(C)OB(c2c3ccccc3c(-c3ccc4oc5ccccc5c4c3)c3ccccc23)OC1(C)C.Clc1ccc2oc3ccc4oc5cc6ccccc6cc5c4c3c2c1.O=CO[O-].OB(O)c1cc(Cl)ccc1F.Oc1ccc2oc3cc4ccccc4cc3c2c1-c1cc(Cl)ccc1F.Oc1ccc2oc3cc4ccccc4cc3c2c1I.[2H]CC(C)=O.[H-].[K+].[K+]. The van der Waals surface area contributed by atoms with Gasteiger partial charge >= 0.3 is 117 Å². The van der Waals surface area contributed by atoms with Crippen LogP contribution in [0.5, 0.6) is 11.5 Å². The van der Waals surface area contributed by atoms with Crippen molar-refractivity contribution in [3.63, 3.8) is 0 Å². The van der Waals surface area contributed by atoms with E-state index < -0.39 is 37.1 Å². The normalized spacial score (nSPS) is 12.7. The Kier molecular flexibility index (Phi) is 27.6. The second kappa shape index (κ2) is 38.6. The van der Waals surface area contributed by atoms with E-state index in [9.17, 15) is 23.8 Å². The van der Waals surface area contributed by atoms with E-state index in [2.05, 4.69) is 189 Å². The van der Waals surface area contributed by atoms with Crippen molar-refractivity contribution in [1.82, 2.24) is 0 Å². The standard InChI is InChI=1S/C32H27BO3.C22H12ClFO2.C22H11ClO2.C16H9IO2.C6H5BClFO2.C3H6O.CH2O3.2K.H/c1-31(2)32(3,4)36-33(35-31)30-24-14-7-5-12-22(24)29(23-13-6-8-15-25(23)30)20-17-18-28-26(19-20)21-11-9-10-16-27(21)34-28;23-14-5-6-17(24)15(11-14)21-18(25)7-8-19-22(21)16-9-12-3-1-2-4-13(12)10-20(16)26-19;23-14-5-6-17-16(11-14)22-18(24-17)7-8-19-21(22)15-9-12-3-1-2-4-13(12)10-20(15)25-19;17-16-12(18)5-6-13-15(16)11-7-9-3-1-2-4-10(9)8-14(11)19-13;8-4-1-2-6(9)5(3-4)7(10)11;1-3(2)4;2-1-4-3;;;/h5-19H,1-4H3;1-11,25H;1-11H;1-8,18H;1-3,10-11H;1-2H3;1,3H;;;/q;;;;;;;2*+1;-1/p-1/i;;;;;1D;;;;. The summed E-state index contributed by atoms with van der Waals surface area (Å²) in [6, 6.07) is 93.2. The number of para-hydroxylation sites is 1. The van der Waals surface area contributed by atoms with Gasteiger partial charge in [0.25, 0.3) is 6.47 Å². The molecule has 5 aromatic heterocycles. The Morgan fingerprint density at radius 2 is 0.795 bits per heavy atom. The number of furan rings is 5. The molecule has 1 saturated heterocycles. The number of phenols is 2. The van der Waals surface area contributed by atoms with Crippen LogP contribution in [-0.4, -0.2) is 58.0 Å². The quantitative estimate of drug-likeness (QED) is 0.0313. The molecule has 127 heavy (non-hydrogen) atoms. The van der Waals surface area contributed by atoms with E-state index in [4.69, 9.17) is 87.7 Å². The third-order valence-corrected chi connectivity index (χ3v) is 24.2. The average molecular weight is 1910 g/mol. The molecule has 17 aromatic carbocycles. The second-order valence-electron chi connectivity index (χ2n) is 30.9. The maximum absolute atomic E-state index is 14.5. The van der Waals surface area contributed by atoms with E-state index in [0.29, 0.717) is 37.9 Å². The monoisotopic (exact) mass is 1910 g/mol. The van der Waals surface area contributed by atoms with Gasteiger partial charge in [-0.1, -0.05) is 180 Å². The number of fused-ring (bicyclic) bond motifs is 21. The van der Waals surface area contributed by atoms with Gasteiger partial charge in [-0.3, -0.25) is 4.79 Å². The van der Waals surface area contributed by atoms with Crippen LogP contribution in [0.15, 0.2) is 313 Å². The van der Waals surface area contributed by atoms with Gasteiger partial charge < -0.3 is 68.0 Å². The molecule has 0 radical (unpaired) electrons. The topological polar surface area (TPSA) is 232 Å². The molecule has 0 aliphatic carbocycles. The van der Waals surface area contributed by atoms with E-state index in [0.717, 1.165) is 135 Å². The Morgan fingerprint density at radius 1 is 0.433 bits per heavy atom. The summed E-state index contributed by atoms with van der Waals surface area (Å²) in [4.78, 5) is 20.9. The van der Waals surface area contributed by atoms with Crippen molar-refractivity contribution >= 4 is 258 Å². The van der Waals surface area contributed by atoms with E-state index in [1.54, 1.807) is 12.1 Å². The maximum Gasteiger partial charge on any atom is 1.00 e. The molecule has 23 rings (SSSR count). The zero-order valence-electron chi connectivity index (χ0n) is 71.2. The van der Waals surface area contributed by atoms with Crippen molar-refractivity contribution in [2.45, 2.75) is 52.7 Å². The number of Topliss-reactive ketones (excluding diaryl/α,β-unsaturated/α-hetero) is 1. The first kappa shape index (κ1) is 90.8. The number of carbonyl (C=O) groups excluding carboxylic acids is 2. The van der Waals surface area contributed by atoms with Gasteiger partial charge in [-0.05, 0) is 280 Å². The van der Waals surface area contributed by atoms with Crippen LogP contribution in [0.1, 0.15) is 44.3 Å². The minimum Gasteiger partial charge on any atom is -1.00 e. The van der Waals surface area contributed by atoms with Crippen molar-refractivity contribution < 1.29 is 186 Å². The summed E-state index contributed by atoms with van der Waals surface area (Å²) in [5.74, 6) is -0.930. The first-order valence-electron chi connectivity index (χ1n) is 40.1. The zero-order valence-corrected chi connectivity index (χ0v) is 79.9. The Balaban J connectivity index is 0.000000131. The molecule has 0 atom stereocenters. The summed E-state index contributed by atoms with van der Waals surface area (Å²) in [6.45, 7) is 9.56. The van der Waals surface area contributed by atoms with Crippen molar-refractivity contribution in [1.29, 1.82) is 0 Å². The van der Waals surface area contributed by atoms with Gasteiger partial charge in [-0.2, -0.15) is 0 Å². The third kappa shape index (κ3) is 18.5. The van der Waals surface area contributed by atoms with Crippen LogP contribution in [0.3, 0.4) is 0 Å². The van der Waals surface area contributed by atoms with E-state index in [1.807, 2.05) is 103 Å². The number of hydrogen-bond acceptors (Lipinski definition) is 15. The number of carbonyl (C=O) groups is 2. The smallest absolute Gasteiger partial charge is 1.00 e. The molecule has 0 amide bonds. The van der Waals surface area contributed by atoms with Crippen LogP contribution in [-0.2, 0) is 23.8 Å². The molecule has 1 aliphatic heterocycles. The summed E-state index contributed by atoms with van der Waals surface area (Å²) in [5, 5.41) is 68.9.